The largest absolute Gasteiger partial charge is 0.474 e. The molecule has 1 N–H and O–H groups in total. The van der Waals surface area contributed by atoms with E-state index in [4.69, 9.17) is 4.74 Å². The molecule has 1 aromatic rings. The molecule has 0 radical (unpaired) electrons. The van der Waals surface area contributed by atoms with Crippen molar-refractivity contribution in [2.45, 2.75) is 57.7 Å². The number of rotatable bonds is 2. The Hall–Kier alpha value is -0.610. The van der Waals surface area contributed by atoms with Crippen LogP contribution in [0.3, 0.4) is 0 Å². The lowest BCUT2D eigenvalue weighted by Gasteiger charge is -2.46. The van der Waals surface area contributed by atoms with Crippen molar-refractivity contribution in [3.05, 3.63) is 22.8 Å². The van der Waals surface area contributed by atoms with Gasteiger partial charge in [-0.05, 0) is 49.7 Å². The summed E-state index contributed by atoms with van der Waals surface area (Å²) in [6.07, 6.45) is 3.97. The first-order valence-corrected chi connectivity index (χ1v) is 7.13. The highest BCUT2D eigenvalue weighted by molar-refractivity contribution is 9.10. The Morgan fingerprint density at radius 1 is 1.22 bits per heavy atom. The first kappa shape index (κ1) is 13.8. The molecule has 4 heteroatoms. The average Bonchev–Trinajstić information content (AvgIpc) is 2.16. The van der Waals surface area contributed by atoms with Crippen molar-refractivity contribution in [1.82, 2.24) is 10.3 Å². The second kappa shape index (κ2) is 4.82. The fraction of sp³-hybridized carbons (Fsp3) is 0.643. The van der Waals surface area contributed by atoms with Gasteiger partial charge in [0.1, 0.15) is 6.10 Å². The summed E-state index contributed by atoms with van der Waals surface area (Å²) in [4.78, 5) is 4.28. The average molecular weight is 313 g/mol. The summed E-state index contributed by atoms with van der Waals surface area (Å²) < 4.78 is 6.98. The molecule has 0 unspecified atom stereocenters. The van der Waals surface area contributed by atoms with Gasteiger partial charge in [-0.1, -0.05) is 0 Å². The molecule has 0 amide bonds. The maximum absolute atomic E-state index is 6.01. The van der Waals surface area contributed by atoms with Crippen molar-refractivity contribution >= 4 is 15.9 Å². The summed E-state index contributed by atoms with van der Waals surface area (Å²) in [5.74, 6) is 0.705. The van der Waals surface area contributed by atoms with Gasteiger partial charge in [-0.2, -0.15) is 0 Å². The van der Waals surface area contributed by atoms with Crippen LogP contribution in [0.1, 0.15) is 40.5 Å². The minimum atomic E-state index is 0.0990. The number of hydrogen-bond acceptors (Lipinski definition) is 3. The molecule has 0 aromatic carbocycles. The molecule has 0 saturated carbocycles. The Morgan fingerprint density at radius 2 is 1.83 bits per heavy atom. The fourth-order valence-corrected chi connectivity index (χ4v) is 3.15. The molecule has 100 valence electrons. The van der Waals surface area contributed by atoms with Crippen molar-refractivity contribution in [1.29, 1.82) is 0 Å². The Bertz CT molecular complexity index is 398. The maximum atomic E-state index is 6.01. The summed E-state index contributed by atoms with van der Waals surface area (Å²) in [5, 5.41) is 3.65. The minimum Gasteiger partial charge on any atom is -0.474 e. The number of piperidine rings is 1. The molecule has 1 saturated heterocycles. The molecule has 1 aliphatic heterocycles. The Balaban J connectivity index is 2.07. The van der Waals surface area contributed by atoms with Gasteiger partial charge in [0.15, 0.2) is 0 Å². The maximum Gasteiger partial charge on any atom is 0.213 e. The number of ether oxygens (including phenoxy) is 1. The van der Waals surface area contributed by atoms with E-state index in [1.54, 1.807) is 6.20 Å². The van der Waals surface area contributed by atoms with Crippen LogP contribution in [0.2, 0.25) is 0 Å². The van der Waals surface area contributed by atoms with E-state index >= 15 is 0 Å². The van der Waals surface area contributed by atoms with Crippen LogP contribution in [-0.2, 0) is 0 Å². The zero-order chi connectivity index (χ0) is 13.4. The first-order valence-electron chi connectivity index (χ1n) is 6.33. The normalized spacial score (nSPS) is 22.7. The van der Waals surface area contributed by atoms with Gasteiger partial charge in [0.2, 0.25) is 5.88 Å². The second-order valence-corrected chi connectivity index (χ2v) is 7.27. The third-order valence-corrected chi connectivity index (χ3v) is 3.61. The monoisotopic (exact) mass is 312 g/mol. The van der Waals surface area contributed by atoms with Gasteiger partial charge in [-0.3, -0.25) is 0 Å². The Labute approximate surface area is 117 Å². The third-order valence-electron chi connectivity index (χ3n) is 3.14. The molecule has 1 aliphatic rings. The van der Waals surface area contributed by atoms with Crippen molar-refractivity contribution in [2.75, 3.05) is 0 Å². The van der Waals surface area contributed by atoms with Gasteiger partial charge in [-0.15, -0.1) is 0 Å². The molecular formula is C14H21BrN2O. The molecule has 0 aliphatic carbocycles. The molecule has 2 rings (SSSR count). The molecule has 1 aromatic heterocycles. The van der Waals surface area contributed by atoms with Crippen molar-refractivity contribution in [2.24, 2.45) is 0 Å². The number of hydrogen-bond donors (Lipinski definition) is 1. The van der Waals surface area contributed by atoms with Gasteiger partial charge in [0, 0.05) is 40.7 Å². The number of nitrogens with zero attached hydrogens (tertiary/aromatic N) is 1. The van der Waals surface area contributed by atoms with Crippen LogP contribution in [-0.4, -0.2) is 22.2 Å². The van der Waals surface area contributed by atoms with Crippen molar-refractivity contribution in [3.63, 3.8) is 0 Å². The SMILES string of the molecule is CC1(C)CC(Oc2ccc(Br)cn2)CC(C)(C)N1. The molecule has 0 bridgehead atoms. The molecule has 2 heterocycles. The molecule has 3 nitrogen and oxygen atoms in total. The molecule has 1 fully saturated rings. The van der Waals surface area contributed by atoms with Crippen LogP contribution < -0.4 is 10.1 Å². The summed E-state index contributed by atoms with van der Waals surface area (Å²) in [7, 11) is 0. The van der Waals surface area contributed by atoms with Crippen LogP contribution >= 0.6 is 15.9 Å². The van der Waals surface area contributed by atoms with Gasteiger partial charge < -0.3 is 10.1 Å². The third kappa shape index (κ3) is 3.69. The van der Waals surface area contributed by atoms with E-state index in [1.165, 1.54) is 0 Å². The van der Waals surface area contributed by atoms with Crippen LogP contribution in [0.4, 0.5) is 0 Å². The highest BCUT2D eigenvalue weighted by Gasteiger charge is 2.38. The number of halogens is 1. The number of aromatic nitrogens is 1. The quantitative estimate of drug-likeness (QED) is 0.907. The van der Waals surface area contributed by atoms with E-state index in [1.807, 2.05) is 12.1 Å². The highest BCUT2D eigenvalue weighted by atomic mass is 79.9. The van der Waals surface area contributed by atoms with Crippen LogP contribution in [0, 0.1) is 0 Å². The van der Waals surface area contributed by atoms with Crippen LogP contribution in [0.5, 0.6) is 5.88 Å². The zero-order valence-corrected chi connectivity index (χ0v) is 13.0. The Morgan fingerprint density at radius 3 is 2.33 bits per heavy atom. The van der Waals surface area contributed by atoms with Gasteiger partial charge >= 0.3 is 0 Å². The van der Waals surface area contributed by atoms with Gasteiger partial charge in [-0.25, -0.2) is 4.98 Å². The van der Waals surface area contributed by atoms with Gasteiger partial charge in [0.05, 0.1) is 0 Å². The van der Waals surface area contributed by atoms with E-state index in [0.717, 1.165) is 17.3 Å². The smallest absolute Gasteiger partial charge is 0.213 e. The summed E-state index contributed by atoms with van der Waals surface area (Å²) in [5.41, 5.74) is 0.198. The van der Waals surface area contributed by atoms with E-state index in [-0.39, 0.29) is 17.2 Å². The van der Waals surface area contributed by atoms with Gasteiger partial charge in [0.25, 0.3) is 0 Å². The molecule has 0 atom stereocenters. The number of nitrogens with one attached hydrogen (secondary N) is 1. The van der Waals surface area contributed by atoms with Crippen LogP contribution in [0.15, 0.2) is 22.8 Å². The van der Waals surface area contributed by atoms with E-state index in [9.17, 15) is 0 Å². The summed E-state index contributed by atoms with van der Waals surface area (Å²) in [6, 6.07) is 3.87. The lowest BCUT2D eigenvalue weighted by atomic mass is 9.81. The lowest BCUT2D eigenvalue weighted by molar-refractivity contribution is 0.0530. The highest BCUT2D eigenvalue weighted by Crippen LogP contribution is 2.30. The zero-order valence-electron chi connectivity index (χ0n) is 11.5. The molecule has 0 spiro atoms. The predicted molar refractivity (Wildman–Crippen MR) is 76.9 cm³/mol. The fourth-order valence-electron chi connectivity index (χ4n) is 2.91. The topological polar surface area (TPSA) is 34.1 Å². The van der Waals surface area contributed by atoms with E-state index in [2.05, 4.69) is 53.9 Å². The Kier molecular flexibility index (Phi) is 3.70. The first-order chi connectivity index (χ1) is 8.26. The van der Waals surface area contributed by atoms with Crippen molar-refractivity contribution in [3.8, 4) is 5.88 Å². The second-order valence-electron chi connectivity index (χ2n) is 6.36. The summed E-state index contributed by atoms with van der Waals surface area (Å²) in [6.45, 7) is 8.89. The summed E-state index contributed by atoms with van der Waals surface area (Å²) >= 11 is 3.38. The molecular weight excluding hydrogens is 292 g/mol. The van der Waals surface area contributed by atoms with E-state index in [0.29, 0.717) is 5.88 Å². The number of pyridine rings is 1. The standard InChI is InChI=1S/C14H21BrN2O/c1-13(2)7-11(8-14(3,4)17-13)18-12-6-5-10(15)9-16-12/h5-6,9,11,17H,7-8H2,1-4H3. The molecule has 18 heavy (non-hydrogen) atoms. The predicted octanol–water partition coefficient (Wildman–Crippen LogP) is 3.53. The minimum absolute atomic E-state index is 0.0990. The van der Waals surface area contributed by atoms with E-state index < -0.39 is 0 Å². The van der Waals surface area contributed by atoms with Crippen LogP contribution in [0.25, 0.3) is 0 Å². The van der Waals surface area contributed by atoms with Crippen molar-refractivity contribution < 1.29 is 4.74 Å². The lowest BCUT2D eigenvalue weighted by Crippen LogP contribution is -2.60.